The number of thiazole rings is 1. The zero-order valence-electron chi connectivity index (χ0n) is 17.6. The van der Waals surface area contributed by atoms with Gasteiger partial charge in [-0.1, -0.05) is 44.2 Å². The van der Waals surface area contributed by atoms with Crippen molar-refractivity contribution in [3.8, 4) is 0 Å². The highest BCUT2D eigenvalue weighted by molar-refractivity contribution is 7.18. The van der Waals surface area contributed by atoms with E-state index in [1.807, 2.05) is 36.4 Å². The molecule has 0 aliphatic carbocycles. The molecule has 0 radical (unpaired) electrons. The molecule has 3 rings (SSSR count). The monoisotopic (exact) mass is 424 g/mol. The van der Waals surface area contributed by atoms with Crippen LogP contribution < -0.4 is 5.32 Å². The number of benzene rings is 2. The molecule has 0 saturated carbocycles. The quantitative estimate of drug-likeness (QED) is 0.353. The lowest BCUT2D eigenvalue weighted by Crippen LogP contribution is -2.22. The Morgan fingerprint density at radius 2 is 1.73 bits per heavy atom. The fourth-order valence-electron chi connectivity index (χ4n) is 3.37. The van der Waals surface area contributed by atoms with Crippen molar-refractivity contribution in [2.24, 2.45) is 0 Å². The molecule has 1 aromatic heterocycles. The van der Waals surface area contributed by atoms with Crippen LogP contribution in [-0.2, 0) is 33.6 Å². The van der Waals surface area contributed by atoms with Gasteiger partial charge in [-0.15, -0.1) is 11.3 Å². The number of carbonyl (C=O) groups excluding carboxylic acids is 2. The zero-order chi connectivity index (χ0) is 21.3. The molecule has 1 N–H and O–H groups in total. The number of aryl methyl sites for hydroxylation is 3. The number of amides is 1. The van der Waals surface area contributed by atoms with Crippen molar-refractivity contribution < 1.29 is 14.3 Å². The Morgan fingerprint density at radius 3 is 2.43 bits per heavy atom. The molecule has 0 fully saturated rings. The molecular weight excluding hydrogens is 396 g/mol. The van der Waals surface area contributed by atoms with Crippen molar-refractivity contribution in [1.82, 2.24) is 4.98 Å². The van der Waals surface area contributed by atoms with Crippen LogP contribution in [0.15, 0.2) is 42.5 Å². The van der Waals surface area contributed by atoms with Gasteiger partial charge in [0.1, 0.15) is 0 Å². The number of fused-ring (bicyclic) bond motifs is 1. The molecule has 0 spiro atoms. The van der Waals surface area contributed by atoms with E-state index in [1.54, 1.807) is 11.3 Å². The molecule has 0 atom stereocenters. The average molecular weight is 425 g/mol. The molecule has 3 aromatic rings. The van der Waals surface area contributed by atoms with Gasteiger partial charge in [0.25, 0.3) is 5.91 Å². The Balaban J connectivity index is 1.39. The number of para-hydroxylation sites is 2. The van der Waals surface area contributed by atoms with Crippen LogP contribution in [0.25, 0.3) is 10.2 Å². The minimum atomic E-state index is -0.339. The second kappa shape index (κ2) is 10.9. The minimum absolute atomic E-state index is 0.252. The molecule has 2 aromatic carbocycles. The van der Waals surface area contributed by atoms with Crippen LogP contribution in [0.5, 0.6) is 0 Å². The van der Waals surface area contributed by atoms with Crippen LogP contribution in [0.1, 0.15) is 49.2 Å². The highest BCUT2D eigenvalue weighted by atomic mass is 32.1. The van der Waals surface area contributed by atoms with E-state index in [-0.39, 0.29) is 18.5 Å². The molecule has 1 heterocycles. The normalized spacial score (nSPS) is 10.9. The number of anilines is 1. The van der Waals surface area contributed by atoms with Crippen LogP contribution >= 0.6 is 11.3 Å². The van der Waals surface area contributed by atoms with Crippen LogP contribution in [-0.4, -0.2) is 23.5 Å². The second-order valence-electron chi connectivity index (χ2n) is 7.15. The van der Waals surface area contributed by atoms with Gasteiger partial charge < -0.3 is 10.1 Å². The first kappa shape index (κ1) is 22.0. The van der Waals surface area contributed by atoms with E-state index < -0.39 is 0 Å². The van der Waals surface area contributed by atoms with Crippen LogP contribution in [0.3, 0.4) is 0 Å². The Kier molecular flexibility index (Phi) is 7.97. The standard InChI is InChI=1S/C24H28N2O3S/c1-3-17-10-9-11-18(4-2)24(17)26-21(27)16-29-23(28)15-8-7-14-22-25-19-12-5-6-13-20(19)30-22/h5-6,9-13H,3-4,7-8,14-16H2,1-2H3,(H,26,27). The van der Waals surface area contributed by atoms with Gasteiger partial charge in [-0.25, -0.2) is 4.98 Å². The second-order valence-corrected chi connectivity index (χ2v) is 8.26. The lowest BCUT2D eigenvalue weighted by molar-refractivity contribution is -0.147. The zero-order valence-corrected chi connectivity index (χ0v) is 18.4. The van der Waals surface area contributed by atoms with Crippen molar-refractivity contribution in [1.29, 1.82) is 0 Å². The molecule has 158 valence electrons. The Labute approximate surface area is 181 Å². The summed E-state index contributed by atoms with van der Waals surface area (Å²) in [6.45, 7) is 3.86. The van der Waals surface area contributed by atoms with E-state index in [2.05, 4.69) is 30.2 Å². The molecule has 0 bridgehead atoms. The molecule has 6 heteroatoms. The summed E-state index contributed by atoms with van der Waals surface area (Å²) >= 11 is 1.70. The number of carbonyl (C=O) groups is 2. The fraction of sp³-hybridized carbons (Fsp3) is 0.375. The van der Waals surface area contributed by atoms with Gasteiger partial charge in [0.05, 0.1) is 15.2 Å². The van der Waals surface area contributed by atoms with Crippen molar-refractivity contribution in [3.63, 3.8) is 0 Å². The van der Waals surface area contributed by atoms with Crippen molar-refractivity contribution in [2.75, 3.05) is 11.9 Å². The Hall–Kier alpha value is -2.73. The number of rotatable bonds is 10. The maximum absolute atomic E-state index is 12.3. The summed E-state index contributed by atoms with van der Waals surface area (Å²) in [7, 11) is 0. The van der Waals surface area contributed by atoms with Gasteiger partial charge in [-0.2, -0.15) is 0 Å². The maximum Gasteiger partial charge on any atom is 0.306 e. The summed E-state index contributed by atoms with van der Waals surface area (Å²) in [6.07, 6.45) is 4.40. The molecule has 1 amide bonds. The number of hydrogen-bond donors (Lipinski definition) is 1. The van der Waals surface area contributed by atoms with Gasteiger partial charge in [-0.05, 0) is 55.4 Å². The van der Waals surface area contributed by atoms with Crippen molar-refractivity contribution >= 4 is 39.1 Å². The highest BCUT2D eigenvalue weighted by Gasteiger charge is 2.12. The van der Waals surface area contributed by atoms with Gasteiger partial charge in [0.2, 0.25) is 0 Å². The predicted molar refractivity (Wildman–Crippen MR) is 122 cm³/mol. The van der Waals surface area contributed by atoms with Crippen LogP contribution in [0, 0.1) is 0 Å². The Bertz CT molecular complexity index is 957. The van der Waals surface area contributed by atoms with E-state index in [4.69, 9.17) is 4.74 Å². The van der Waals surface area contributed by atoms with Crippen molar-refractivity contribution in [3.05, 3.63) is 58.6 Å². The fourth-order valence-corrected chi connectivity index (χ4v) is 4.38. The third kappa shape index (κ3) is 5.89. The van der Waals surface area contributed by atoms with E-state index in [0.717, 1.165) is 59.4 Å². The van der Waals surface area contributed by atoms with Gasteiger partial charge in [0, 0.05) is 12.1 Å². The smallest absolute Gasteiger partial charge is 0.306 e. The predicted octanol–water partition coefficient (Wildman–Crippen LogP) is 5.32. The van der Waals surface area contributed by atoms with Gasteiger partial charge in [0.15, 0.2) is 6.61 Å². The number of esters is 1. The van der Waals surface area contributed by atoms with Crippen molar-refractivity contribution in [2.45, 2.75) is 52.4 Å². The average Bonchev–Trinajstić information content (AvgIpc) is 3.18. The molecule has 0 aliphatic heterocycles. The lowest BCUT2D eigenvalue weighted by Gasteiger charge is -2.14. The number of nitrogens with one attached hydrogen (secondary N) is 1. The first-order valence-corrected chi connectivity index (χ1v) is 11.3. The number of ether oxygens (including phenoxy) is 1. The van der Waals surface area contributed by atoms with Crippen LogP contribution in [0.2, 0.25) is 0 Å². The largest absolute Gasteiger partial charge is 0.456 e. The van der Waals surface area contributed by atoms with E-state index in [1.165, 1.54) is 4.70 Å². The first-order valence-electron chi connectivity index (χ1n) is 10.5. The van der Waals surface area contributed by atoms with E-state index in [9.17, 15) is 9.59 Å². The van der Waals surface area contributed by atoms with Crippen LogP contribution in [0.4, 0.5) is 5.69 Å². The number of hydrogen-bond acceptors (Lipinski definition) is 5. The minimum Gasteiger partial charge on any atom is -0.456 e. The number of unbranched alkanes of at least 4 members (excludes halogenated alkanes) is 1. The third-order valence-corrected chi connectivity index (χ3v) is 6.08. The first-order chi connectivity index (χ1) is 14.6. The number of aromatic nitrogens is 1. The molecular formula is C24H28N2O3S. The highest BCUT2D eigenvalue weighted by Crippen LogP contribution is 2.23. The summed E-state index contributed by atoms with van der Waals surface area (Å²) in [5.41, 5.74) is 4.05. The molecule has 0 unspecified atom stereocenters. The van der Waals surface area contributed by atoms with Gasteiger partial charge >= 0.3 is 5.97 Å². The Morgan fingerprint density at radius 1 is 1.00 bits per heavy atom. The summed E-state index contributed by atoms with van der Waals surface area (Å²) < 4.78 is 6.35. The SMILES string of the molecule is CCc1cccc(CC)c1NC(=O)COC(=O)CCCCc1nc2ccccc2s1. The summed E-state index contributed by atoms with van der Waals surface area (Å²) in [5.74, 6) is -0.637. The number of nitrogens with zero attached hydrogens (tertiary/aromatic N) is 1. The van der Waals surface area contributed by atoms with Gasteiger partial charge in [-0.3, -0.25) is 9.59 Å². The molecule has 30 heavy (non-hydrogen) atoms. The lowest BCUT2D eigenvalue weighted by atomic mass is 10.0. The van der Waals surface area contributed by atoms with E-state index in [0.29, 0.717) is 6.42 Å². The summed E-state index contributed by atoms with van der Waals surface area (Å²) in [4.78, 5) is 28.8. The molecule has 0 aliphatic rings. The van der Waals surface area contributed by atoms with E-state index >= 15 is 0 Å². The molecule has 0 saturated heterocycles. The molecule has 5 nitrogen and oxygen atoms in total. The maximum atomic E-state index is 12.3. The third-order valence-electron chi connectivity index (χ3n) is 4.99. The summed E-state index contributed by atoms with van der Waals surface area (Å²) in [5, 5.41) is 4.00. The summed E-state index contributed by atoms with van der Waals surface area (Å²) in [6, 6.07) is 14.1. The topological polar surface area (TPSA) is 68.3 Å².